The Morgan fingerprint density at radius 2 is 2.00 bits per heavy atom. The molecule has 10 heteroatoms. The summed E-state index contributed by atoms with van der Waals surface area (Å²) in [6.07, 6.45) is 0.667. The van der Waals surface area contributed by atoms with Gasteiger partial charge in [-0.05, 0) is 18.8 Å². The third-order valence-electron chi connectivity index (χ3n) is 3.90. The molecule has 136 valence electrons. The van der Waals surface area contributed by atoms with E-state index in [0.29, 0.717) is 0 Å². The summed E-state index contributed by atoms with van der Waals surface area (Å²) in [6.45, 7) is 3.83. The molecule has 0 aromatic carbocycles. The Morgan fingerprint density at radius 3 is 2.46 bits per heavy atom. The molecule has 1 aliphatic rings. The van der Waals surface area contributed by atoms with Gasteiger partial charge in [0.25, 0.3) is 0 Å². The largest absolute Gasteiger partial charge is 0.435 e. The van der Waals surface area contributed by atoms with E-state index in [-0.39, 0.29) is 38.0 Å². The van der Waals surface area contributed by atoms with Crippen LogP contribution in [0.4, 0.5) is 5.95 Å². The summed E-state index contributed by atoms with van der Waals surface area (Å²) in [4.78, 5) is 14.7. The Hall–Kier alpha value is -1.59. The topological polar surface area (TPSA) is 118 Å². The third kappa shape index (κ3) is 3.90. The Morgan fingerprint density at radius 1 is 1.42 bits per heavy atom. The van der Waals surface area contributed by atoms with Crippen molar-refractivity contribution in [3.05, 3.63) is 22.0 Å². The first-order valence-electron chi connectivity index (χ1n) is 7.42. The maximum absolute atomic E-state index is 11.3. The molecular formula is C14H23N3O7. The maximum Gasteiger partial charge on any atom is 0.435 e. The Labute approximate surface area is 139 Å². The molecule has 1 N–H and O–H groups in total. The first-order valence-corrected chi connectivity index (χ1v) is 7.42. The first kappa shape index (κ1) is 18.7. The lowest BCUT2D eigenvalue weighted by Gasteiger charge is -2.41. The number of ether oxygens (including phenoxy) is 4. The minimum Gasteiger partial charge on any atom is -0.395 e. The predicted molar refractivity (Wildman–Crippen MR) is 81.1 cm³/mol. The standard InChI is InChI=1S/C14H23N3O7/c1-13(2)23-8-14(7-18,9-24-13)6-16-5-10(11(21-3)22-4)15-12(16)17(19)20/h5,11,18H,6-9H2,1-4H3. The van der Waals surface area contributed by atoms with E-state index in [9.17, 15) is 15.2 Å². The molecule has 1 saturated heterocycles. The van der Waals surface area contributed by atoms with Crippen molar-refractivity contribution in [1.82, 2.24) is 9.55 Å². The molecule has 0 saturated carbocycles. The summed E-state index contributed by atoms with van der Waals surface area (Å²) < 4.78 is 22.7. The van der Waals surface area contributed by atoms with Crippen molar-refractivity contribution in [2.45, 2.75) is 32.5 Å². The Bertz CT molecular complexity index is 573. The van der Waals surface area contributed by atoms with Crippen LogP contribution in [-0.2, 0) is 25.5 Å². The van der Waals surface area contributed by atoms with E-state index in [2.05, 4.69) is 4.98 Å². The SMILES string of the molecule is COC(OC)c1cn(CC2(CO)COC(C)(C)OC2)c([N+](=O)[O-])n1. The summed E-state index contributed by atoms with van der Waals surface area (Å²) in [6, 6.07) is 0. The quantitative estimate of drug-likeness (QED) is 0.439. The van der Waals surface area contributed by atoms with Gasteiger partial charge >= 0.3 is 5.95 Å². The van der Waals surface area contributed by atoms with E-state index >= 15 is 0 Å². The maximum atomic E-state index is 11.3. The lowest BCUT2D eigenvalue weighted by Crippen LogP contribution is -2.50. The van der Waals surface area contributed by atoms with Crippen LogP contribution in [0, 0.1) is 15.5 Å². The van der Waals surface area contributed by atoms with Gasteiger partial charge in [0.15, 0.2) is 5.79 Å². The molecule has 0 spiro atoms. The zero-order chi connectivity index (χ0) is 18.0. The van der Waals surface area contributed by atoms with Crippen LogP contribution >= 0.6 is 0 Å². The minimum absolute atomic E-state index is 0.114. The van der Waals surface area contributed by atoms with Gasteiger partial charge in [-0.1, -0.05) is 4.98 Å². The van der Waals surface area contributed by atoms with E-state index in [1.54, 1.807) is 13.8 Å². The van der Waals surface area contributed by atoms with Gasteiger partial charge in [-0.2, -0.15) is 0 Å². The van der Waals surface area contributed by atoms with Gasteiger partial charge in [-0.25, -0.2) is 4.57 Å². The first-order chi connectivity index (χ1) is 11.3. The number of hydrogen-bond donors (Lipinski definition) is 1. The lowest BCUT2D eigenvalue weighted by atomic mass is 9.89. The fourth-order valence-corrected chi connectivity index (χ4v) is 2.47. The molecule has 1 aromatic rings. The predicted octanol–water partition coefficient (Wildman–Crippen LogP) is 0.844. The summed E-state index contributed by atoms with van der Waals surface area (Å²) in [5.41, 5.74) is -0.522. The molecule has 0 amide bonds. The second-order valence-electron chi connectivity index (χ2n) is 6.29. The van der Waals surface area contributed by atoms with E-state index in [4.69, 9.17) is 18.9 Å². The zero-order valence-electron chi connectivity index (χ0n) is 14.2. The number of nitrogens with zero attached hydrogens (tertiary/aromatic N) is 3. The van der Waals surface area contributed by atoms with Crippen molar-refractivity contribution in [3.8, 4) is 0 Å². The van der Waals surface area contributed by atoms with Gasteiger partial charge in [0, 0.05) is 14.2 Å². The zero-order valence-corrected chi connectivity index (χ0v) is 14.2. The van der Waals surface area contributed by atoms with Crippen molar-refractivity contribution >= 4 is 5.95 Å². The average Bonchev–Trinajstić information content (AvgIpc) is 2.95. The summed E-state index contributed by atoms with van der Waals surface area (Å²) in [5.74, 6) is -1.11. The highest BCUT2D eigenvalue weighted by Crippen LogP contribution is 2.33. The highest BCUT2D eigenvalue weighted by Gasteiger charge is 2.42. The van der Waals surface area contributed by atoms with Crippen molar-refractivity contribution in [1.29, 1.82) is 0 Å². The van der Waals surface area contributed by atoms with Crippen molar-refractivity contribution in [2.24, 2.45) is 5.41 Å². The van der Waals surface area contributed by atoms with Crippen molar-refractivity contribution in [2.75, 3.05) is 34.0 Å². The van der Waals surface area contributed by atoms with Crippen molar-refractivity contribution in [3.63, 3.8) is 0 Å². The molecule has 1 aromatic heterocycles. The van der Waals surface area contributed by atoms with E-state index < -0.39 is 22.4 Å². The normalized spacial score (nSPS) is 19.6. The number of aliphatic hydroxyl groups excluding tert-OH is 1. The number of nitro groups is 1. The molecule has 0 radical (unpaired) electrons. The van der Waals surface area contributed by atoms with E-state index in [1.165, 1.54) is 25.0 Å². The fraction of sp³-hybridized carbons (Fsp3) is 0.786. The molecule has 0 aliphatic carbocycles. The van der Waals surface area contributed by atoms with Crippen molar-refractivity contribution < 1.29 is 29.0 Å². The monoisotopic (exact) mass is 345 g/mol. The van der Waals surface area contributed by atoms with Gasteiger partial charge in [-0.3, -0.25) is 0 Å². The molecule has 0 unspecified atom stereocenters. The molecule has 10 nitrogen and oxygen atoms in total. The fourth-order valence-electron chi connectivity index (χ4n) is 2.47. The van der Waals surface area contributed by atoms with Gasteiger partial charge in [0.1, 0.15) is 6.20 Å². The summed E-state index contributed by atoms with van der Waals surface area (Å²) >= 11 is 0. The number of hydrogen-bond acceptors (Lipinski definition) is 8. The Balaban J connectivity index is 2.28. The highest BCUT2D eigenvalue weighted by molar-refractivity contribution is 5.16. The molecule has 2 heterocycles. The van der Waals surface area contributed by atoms with Gasteiger partial charge in [-0.15, -0.1) is 0 Å². The van der Waals surface area contributed by atoms with Crippen LogP contribution < -0.4 is 0 Å². The number of methoxy groups -OCH3 is 2. The van der Waals surface area contributed by atoms with Crippen LogP contribution in [0.15, 0.2) is 6.20 Å². The minimum atomic E-state index is -0.812. The second kappa shape index (κ2) is 7.11. The van der Waals surface area contributed by atoms with E-state index in [0.717, 1.165) is 0 Å². The molecule has 1 aliphatic heterocycles. The average molecular weight is 345 g/mol. The summed E-state index contributed by atoms with van der Waals surface area (Å²) in [5, 5.41) is 21.1. The number of aliphatic hydroxyl groups is 1. The number of rotatable bonds is 7. The van der Waals surface area contributed by atoms with Gasteiger partial charge < -0.3 is 34.2 Å². The summed E-state index contributed by atoms with van der Waals surface area (Å²) in [7, 11) is 2.83. The highest BCUT2D eigenvalue weighted by atomic mass is 16.7. The second-order valence-corrected chi connectivity index (χ2v) is 6.29. The lowest BCUT2D eigenvalue weighted by molar-refractivity contribution is -0.397. The van der Waals surface area contributed by atoms with Crippen LogP contribution in [0.5, 0.6) is 0 Å². The van der Waals surface area contributed by atoms with E-state index in [1.807, 2.05) is 0 Å². The molecule has 0 bridgehead atoms. The smallest absolute Gasteiger partial charge is 0.395 e. The number of imidazole rings is 1. The number of aromatic nitrogens is 2. The van der Waals surface area contributed by atoms with Gasteiger partial charge in [0.2, 0.25) is 12.0 Å². The molecular weight excluding hydrogens is 322 g/mol. The molecule has 2 rings (SSSR count). The molecule has 0 atom stereocenters. The van der Waals surface area contributed by atoms with Crippen LogP contribution in [0.3, 0.4) is 0 Å². The third-order valence-corrected chi connectivity index (χ3v) is 3.90. The van der Waals surface area contributed by atoms with Crippen LogP contribution in [-0.4, -0.2) is 59.4 Å². The molecule has 24 heavy (non-hydrogen) atoms. The van der Waals surface area contributed by atoms with Crippen LogP contribution in [0.25, 0.3) is 0 Å². The van der Waals surface area contributed by atoms with Gasteiger partial charge in [0.05, 0.1) is 31.8 Å². The Kier molecular flexibility index (Phi) is 5.56. The molecule has 1 fully saturated rings. The van der Waals surface area contributed by atoms with Crippen LogP contribution in [0.2, 0.25) is 0 Å². The van der Waals surface area contributed by atoms with Crippen LogP contribution in [0.1, 0.15) is 25.8 Å².